The first-order chi connectivity index (χ1) is 10.6. The topological polar surface area (TPSA) is 58.6 Å². The molecule has 122 valence electrons. The quantitative estimate of drug-likeness (QED) is 0.713. The Bertz CT molecular complexity index is 483. The van der Waals surface area contributed by atoms with Gasteiger partial charge in [0.25, 0.3) is 0 Å². The summed E-state index contributed by atoms with van der Waals surface area (Å²) < 4.78 is 5.23. The van der Waals surface area contributed by atoms with Gasteiger partial charge in [0, 0.05) is 25.2 Å². The second-order valence-corrected chi connectivity index (χ2v) is 5.15. The first kappa shape index (κ1) is 18.0. The molecule has 1 N–H and O–H groups in total. The number of ether oxygens (including phenoxy) is 1. The zero-order chi connectivity index (χ0) is 16.4. The summed E-state index contributed by atoms with van der Waals surface area (Å²) in [6, 6.07) is 7.50. The molecule has 1 aromatic carbocycles. The van der Waals surface area contributed by atoms with Gasteiger partial charge in [0.15, 0.2) is 0 Å². The molecule has 1 rings (SSSR count). The van der Waals surface area contributed by atoms with E-state index in [1.54, 1.807) is 12.0 Å². The molecule has 0 aromatic heterocycles. The molecule has 0 saturated heterocycles. The van der Waals surface area contributed by atoms with Gasteiger partial charge in [0.1, 0.15) is 12.2 Å². The summed E-state index contributed by atoms with van der Waals surface area (Å²) in [5.41, 5.74) is 0.893. The normalized spacial score (nSPS) is 10.1. The highest BCUT2D eigenvalue weighted by atomic mass is 16.5. The van der Waals surface area contributed by atoms with Crippen LogP contribution in [0.2, 0.25) is 0 Å². The van der Waals surface area contributed by atoms with Gasteiger partial charge < -0.3 is 15.0 Å². The summed E-state index contributed by atoms with van der Waals surface area (Å²) in [4.78, 5) is 25.8. The minimum absolute atomic E-state index is 0.102. The van der Waals surface area contributed by atoms with Crippen molar-refractivity contribution in [1.82, 2.24) is 10.2 Å². The molecule has 0 saturated carbocycles. The number of nitrogens with zero attached hydrogens (tertiary/aromatic N) is 1. The first-order valence-corrected chi connectivity index (χ1v) is 7.78. The Morgan fingerprint density at radius 3 is 2.36 bits per heavy atom. The molecule has 5 heteroatoms. The number of carbonyl (C=O) groups is 2. The molecule has 0 bridgehead atoms. The summed E-state index contributed by atoms with van der Waals surface area (Å²) in [7, 11) is 1.59. The number of para-hydroxylation sites is 1. The molecule has 0 aliphatic carbocycles. The maximum absolute atomic E-state index is 12.1. The van der Waals surface area contributed by atoms with Gasteiger partial charge in [-0.05, 0) is 18.9 Å². The van der Waals surface area contributed by atoms with Crippen molar-refractivity contribution in [2.75, 3.05) is 20.2 Å². The minimum Gasteiger partial charge on any atom is -0.496 e. The van der Waals surface area contributed by atoms with E-state index in [0.29, 0.717) is 19.6 Å². The summed E-state index contributed by atoms with van der Waals surface area (Å²) in [5.74, 6) is 0.363. The number of hydrogen-bond acceptors (Lipinski definition) is 3. The van der Waals surface area contributed by atoms with Crippen LogP contribution in [0.1, 0.15) is 38.7 Å². The fourth-order valence-electron chi connectivity index (χ4n) is 2.26. The van der Waals surface area contributed by atoms with Crippen LogP contribution < -0.4 is 10.1 Å². The summed E-state index contributed by atoms with van der Waals surface area (Å²) in [5, 5.41) is 2.78. The van der Waals surface area contributed by atoms with Gasteiger partial charge in [-0.15, -0.1) is 0 Å². The van der Waals surface area contributed by atoms with Crippen LogP contribution in [0.25, 0.3) is 0 Å². The van der Waals surface area contributed by atoms with E-state index in [2.05, 4.69) is 5.32 Å². The lowest BCUT2D eigenvalue weighted by atomic mass is 10.2. The van der Waals surface area contributed by atoms with Gasteiger partial charge in [0.05, 0.1) is 7.11 Å². The highest BCUT2D eigenvalue weighted by molar-refractivity contribution is 5.96. The molecule has 0 aliphatic heterocycles. The van der Waals surface area contributed by atoms with Crippen LogP contribution in [0.3, 0.4) is 0 Å². The number of carbonyl (C=O) groups excluding carboxylic acids is 2. The summed E-state index contributed by atoms with van der Waals surface area (Å²) in [6.45, 7) is 5.81. The highest BCUT2D eigenvalue weighted by Gasteiger charge is 2.16. The van der Waals surface area contributed by atoms with Crippen molar-refractivity contribution in [2.45, 2.75) is 39.7 Å². The third-order valence-electron chi connectivity index (χ3n) is 3.32. The molecule has 0 radical (unpaired) electrons. The Labute approximate surface area is 132 Å². The SMILES string of the molecule is CCCN(CCC)C(=O)CC(=O)NCc1ccccc1OC. The molecule has 22 heavy (non-hydrogen) atoms. The molecule has 1 aromatic rings. The van der Waals surface area contributed by atoms with E-state index in [4.69, 9.17) is 4.74 Å². The maximum atomic E-state index is 12.1. The van der Waals surface area contributed by atoms with E-state index < -0.39 is 0 Å². The molecular weight excluding hydrogens is 280 g/mol. The fourth-order valence-corrected chi connectivity index (χ4v) is 2.26. The van der Waals surface area contributed by atoms with E-state index in [0.717, 1.165) is 24.2 Å². The summed E-state index contributed by atoms with van der Waals surface area (Å²) in [6.07, 6.45) is 1.69. The molecule has 0 spiro atoms. The lowest BCUT2D eigenvalue weighted by Gasteiger charge is -2.21. The van der Waals surface area contributed by atoms with Crippen molar-refractivity contribution in [3.63, 3.8) is 0 Å². The Hall–Kier alpha value is -2.04. The number of hydrogen-bond donors (Lipinski definition) is 1. The smallest absolute Gasteiger partial charge is 0.232 e. The Kier molecular flexibility index (Phi) is 8.04. The molecule has 0 heterocycles. The number of amides is 2. The zero-order valence-electron chi connectivity index (χ0n) is 13.7. The van der Waals surface area contributed by atoms with E-state index in [1.807, 2.05) is 38.1 Å². The van der Waals surface area contributed by atoms with Crippen molar-refractivity contribution in [2.24, 2.45) is 0 Å². The van der Waals surface area contributed by atoms with Gasteiger partial charge in [-0.2, -0.15) is 0 Å². The van der Waals surface area contributed by atoms with E-state index in [9.17, 15) is 9.59 Å². The monoisotopic (exact) mass is 306 g/mol. The van der Waals surface area contributed by atoms with Crippen LogP contribution in [0.5, 0.6) is 5.75 Å². The van der Waals surface area contributed by atoms with Crippen LogP contribution in [-0.4, -0.2) is 36.9 Å². The second-order valence-electron chi connectivity index (χ2n) is 5.15. The predicted octanol–water partition coefficient (Wildman–Crippen LogP) is 2.35. The maximum Gasteiger partial charge on any atom is 0.232 e. The van der Waals surface area contributed by atoms with Gasteiger partial charge in [-0.25, -0.2) is 0 Å². The van der Waals surface area contributed by atoms with E-state index in [1.165, 1.54) is 0 Å². The average molecular weight is 306 g/mol. The Morgan fingerprint density at radius 2 is 1.77 bits per heavy atom. The largest absolute Gasteiger partial charge is 0.496 e. The standard InChI is InChI=1S/C17H26N2O3/c1-4-10-19(11-5-2)17(21)12-16(20)18-13-14-8-6-7-9-15(14)22-3/h6-9H,4-5,10-13H2,1-3H3,(H,18,20). The molecule has 0 atom stereocenters. The van der Waals surface area contributed by atoms with Crippen molar-refractivity contribution < 1.29 is 14.3 Å². The molecule has 2 amide bonds. The van der Waals surface area contributed by atoms with Gasteiger partial charge >= 0.3 is 0 Å². The minimum atomic E-state index is -0.256. The Balaban J connectivity index is 2.50. The second kappa shape index (κ2) is 9.82. The molecule has 0 unspecified atom stereocenters. The van der Waals surface area contributed by atoms with Gasteiger partial charge in [-0.3, -0.25) is 9.59 Å². The van der Waals surface area contributed by atoms with Crippen LogP contribution in [0.4, 0.5) is 0 Å². The fraction of sp³-hybridized carbons (Fsp3) is 0.529. The van der Waals surface area contributed by atoms with Gasteiger partial charge in [0.2, 0.25) is 11.8 Å². The number of benzene rings is 1. The number of nitrogens with one attached hydrogen (secondary N) is 1. The van der Waals surface area contributed by atoms with E-state index in [-0.39, 0.29) is 18.2 Å². The zero-order valence-corrected chi connectivity index (χ0v) is 13.7. The lowest BCUT2D eigenvalue weighted by Crippen LogP contribution is -2.36. The van der Waals surface area contributed by atoms with Crippen molar-refractivity contribution in [3.8, 4) is 5.75 Å². The number of rotatable bonds is 9. The Morgan fingerprint density at radius 1 is 1.14 bits per heavy atom. The summed E-state index contributed by atoms with van der Waals surface area (Å²) >= 11 is 0. The number of methoxy groups -OCH3 is 1. The van der Waals surface area contributed by atoms with Crippen LogP contribution in [-0.2, 0) is 16.1 Å². The van der Waals surface area contributed by atoms with Crippen LogP contribution in [0, 0.1) is 0 Å². The van der Waals surface area contributed by atoms with E-state index >= 15 is 0 Å². The third kappa shape index (κ3) is 5.76. The molecular formula is C17H26N2O3. The van der Waals surface area contributed by atoms with Gasteiger partial charge in [-0.1, -0.05) is 32.0 Å². The highest BCUT2D eigenvalue weighted by Crippen LogP contribution is 2.16. The lowest BCUT2D eigenvalue weighted by molar-refractivity contribution is -0.136. The predicted molar refractivity (Wildman–Crippen MR) is 86.6 cm³/mol. The molecule has 5 nitrogen and oxygen atoms in total. The third-order valence-corrected chi connectivity index (χ3v) is 3.32. The van der Waals surface area contributed by atoms with Crippen molar-refractivity contribution in [3.05, 3.63) is 29.8 Å². The molecule has 0 fully saturated rings. The van der Waals surface area contributed by atoms with Crippen molar-refractivity contribution in [1.29, 1.82) is 0 Å². The van der Waals surface area contributed by atoms with Crippen LogP contribution in [0.15, 0.2) is 24.3 Å². The van der Waals surface area contributed by atoms with Crippen LogP contribution >= 0.6 is 0 Å². The van der Waals surface area contributed by atoms with Crippen molar-refractivity contribution >= 4 is 11.8 Å². The first-order valence-electron chi connectivity index (χ1n) is 7.78. The average Bonchev–Trinajstić information content (AvgIpc) is 2.52. The molecule has 0 aliphatic rings.